The van der Waals surface area contributed by atoms with Crippen LogP contribution in [-0.4, -0.2) is 46.9 Å². The van der Waals surface area contributed by atoms with Crippen LogP contribution in [-0.2, 0) is 23.2 Å². The number of aliphatic carboxylic acids is 1. The maximum Gasteiger partial charge on any atom is 0.307 e. The maximum atomic E-state index is 12.9. The number of carbonyl (C=O) groups excluding carboxylic acids is 1. The molecule has 5 rings (SSSR count). The molecule has 2 fully saturated rings. The van der Waals surface area contributed by atoms with E-state index >= 15 is 0 Å². The lowest BCUT2D eigenvalue weighted by Crippen LogP contribution is -2.36. The topological polar surface area (TPSA) is 148 Å². The van der Waals surface area contributed by atoms with Crippen molar-refractivity contribution in [1.82, 2.24) is 29.9 Å². The van der Waals surface area contributed by atoms with Crippen LogP contribution in [0.3, 0.4) is 0 Å². The first-order valence-corrected chi connectivity index (χ1v) is 13.9. The number of carbonyl (C=O) groups is 2. The van der Waals surface area contributed by atoms with E-state index in [2.05, 4.69) is 25.9 Å². The highest BCUT2D eigenvalue weighted by Crippen LogP contribution is 2.33. The number of nitrogens with zero attached hydrogens (tertiary/aromatic N) is 6. The second kappa shape index (κ2) is 11.9. The average molecular weight is 533 g/mol. The molecule has 2 aliphatic carbocycles. The van der Waals surface area contributed by atoms with Crippen LogP contribution in [0.5, 0.6) is 0 Å². The van der Waals surface area contributed by atoms with Crippen molar-refractivity contribution in [2.24, 2.45) is 18.9 Å². The molecule has 3 N–H and O–H groups in total. The zero-order valence-corrected chi connectivity index (χ0v) is 22.6. The number of aromatic nitrogens is 6. The van der Waals surface area contributed by atoms with Gasteiger partial charge in [-0.15, -0.1) is 5.10 Å². The summed E-state index contributed by atoms with van der Waals surface area (Å²) in [5.41, 5.74) is 4.37. The number of rotatable bonds is 8. The Kier molecular flexibility index (Phi) is 8.13. The summed E-state index contributed by atoms with van der Waals surface area (Å²) in [6.07, 6.45) is 10.8. The van der Waals surface area contributed by atoms with Crippen LogP contribution < -0.4 is 10.6 Å². The highest BCUT2D eigenvalue weighted by atomic mass is 16.4. The summed E-state index contributed by atoms with van der Waals surface area (Å²) in [5, 5.41) is 24.3. The lowest BCUT2D eigenvalue weighted by molar-refractivity contribution is -0.147. The smallest absolute Gasteiger partial charge is 0.307 e. The number of aryl methyl sites for hydroxylation is 2. The Bertz CT molecular complexity index is 1330. The highest BCUT2D eigenvalue weighted by molar-refractivity contribution is 5.95. The Balaban J connectivity index is 1.28. The number of pyridine rings is 1. The first-order valence-electron chi connectivity index (χ1n) is 13.9. The third kappa shape index (κ3) is 6.07. The predicted octanol–water partition coefficient (Wildman–Crippen LogP) is 4.46. The molecule has 11 nitrogen and oxygen atoms in total. The summed E-state index contributed by atoms with van der Waals surface area (Å²) in [5.74, 6) is -1.28. The third-order valence-corrected chi connectivity index (χ3v) is 8.06. The van der Waals surface area contributed by atoms with Gasteiger partial charge in [-0.2, -0.15) is 0 Å². The van der Waals surface area contributed by atoms with E-state index in [-0.39, 0.29) is 5.91 Å². The van der Waals surface area contributed by atoms with Gasteiger partial charge in [-0.1, -0.05) is 37.3 Å². The number of nitrogens with one attached hydrogen (secondary N) is 2. The van der Waals surface area contributed by atoms with Crippen molar-refractivity contribution >= 4 is 23.5 Å². The highest BCUT2D eigenvalue weighted by Gasteiger charge is 2.36. The molecule has 3 aromatic heterocycles. The molecule has 3 heterocycles. The van der Waals surface area contributed by atoms with Crippen LogP contribution in [0.2, 0.25) is 0 Å². The van der Waals surface area contributed by atoms with Gasteiger partial charge in [0.25, 0.3) is 0 Å². The zero-order valence-electron chi connectivity index (χ0n) is 22.6. The van der Waals surface area contributed by atoms with Crippen LogP contribution in [0.25, 0.3) is 11.4 Å². The number of amides is 1. The van der Waals surface area contributed by atoms with E-state index < -0.39 is 17.8 Å². The van der Waals surface area contributed by atoms with Gasteiger partial charge in [-0.3, -0.25) is 9.59 Å². The lowest BCUT2D eigenvalue weighted by atomic mass is 9.78. The van der Waals surface area contributed by atoms with Gasteiger partial charge in [0.1, 0.15) is 5.69 Å². The Hall–Kier alpha value is -3.89. The Morgan fingerprint density at radius 3 is 2.49 bits per heavy atom. The summed E-state index contributed by atoms with van der Waals surface area (Å²) in [6, 6.07) is 5.60. The van der Waals surface area contributed by atoms with Crippen molar-refractivity contribution in [3.8, 4) is 11.4 Å². The van der Waals surface area contributed by atoms with Gasteiger partial charge >= 0.3 is 5.97 Å². The molecule has 206 valence electrons. The fraction of sp³-hybridized carbons (Fsp3) is 0.536. The molecule has 39 heavy (non-hydrogen) atoms. The van der Waals surface area contributed by atoms with E-state index in [4.69, 9.17) is 9.97 Å². The molecule has 0 saturated heterocycles. The summed E-state index contributed by atoms with van der Waals surface area (Å²) < 4.78 is 1.70. The van der Waals surface area contributed by atoms with E-state index in [1.54, 1.807) is 16.8 Å². The molecule has 0 radical (unpaired) electrons. The second-order valence-corrected chi connectivity index (χ2v) is 10.7. The van der Waals surface area contributed by atoms with E-state index in [1.807, 2.05) is 26.2 Å². The number of hydrogen-bond donors (Lipinski definition) is 3. The van der Waals surface area contributed by atoms with Crippen molar-refractivity contribution in [3.05, 3.63) is 41.5 Å². The van der Waals surface area contributed by atoms with Crippen LogP contribution >= 0.6 is 0 Å². The fourth-order valence-corrected chi connectivity index (χ4v) is 5.81. The summed E-state index contributed by atoms with van der Waals surface area (Å²) in [7, 11) is 1.83. The molecule has 2 aliphatic rings. The number of carboxylic acid groups (broad SMARTS) is 1. The van der Waals surface area contributed by atoms with E-state index in [0.717, 1.165) is 24.2 Å². The minimum Gasteiger partial charge on any atom is -0.481 e. The summed E-state index contributed by atoms with van der Waals surface area (Å²) in [4.78, 5) is 38.5. The quantitative estimate of drug-likeness (QED) is 0.382. The first-order chi connectivity index (χ1) is 18.9. The van der Waals surface area contributed by atoms with Gasteiger partial charge in [0.15, 0.2) is 0 Å². The number of anilines is 2. The van der Waals surface area contributed by atoms with Crippen molar-refractivity contribution in [3.63, 3.8) is 0 Å². The zero-order chi connectivity index (χ0) is 27.4. The summed E-state index contributed by atoms with van der Waals surface area (Å²) in [6.45, 7) is 2.23. The molecule has 11 heteroatoms. The van der Waals surface area contributed by atoms with E-state index in [9.17, 15) is 14.7 Å². The van der Waals surface area contributed by atoms with Gasteiger partial charge in [0.2, 0.25) is 11.9 Å². The van der Waals surface area contributed by atoms with Crippen molar-refractivity contribution < 1.29 is 14.7 Å². The molecule has 0 bridgehead atoms. The maximum absolute atomic E-state index is 12.9. The standard InChI is InChI=1S/C28H36N8O3/c1-17-21(32-26(37)19-10-6-7-11-20(19)27(38)39)12-13-23(31-17)25-24(36(2)35-34-25)16-30-28-29-15-14-22(33-28)18-8-4-3-5-9-18/h12-15,18-20H,3-11,16H2,1-2H3,(H,32,37)(H,38,39)(H,29,30,33)/t19-,20-/m0/s1. The van der Waals surface area contributed by atoms with Crippen LogP contribution in [0.15, 0.2) is 24.4 Å². The molecule has 0 aromatic carbocycles. The molecule has 2 saturated carbocycles. The number of carboxylic acids is 1. The Morgan fingerprint density at radius 2 is 1.74 bits per heavy atom. The van der Waals surface area contributed by atoms with E-state index in [1.165, 1.54) is 32.1 Å². The van der Waals surface area contributed by atoms with Crippen LogP contribution in [0.1, 0.15) is 80.8 Å². The van der Waals surface area contributed by atoms with Gasteiger partial charge in [0, 0.05) is 24.9 Å². The Labute approximate surface area is 227 Å². The molecule has 2 atom stereocenters. The SMILES string of the molecule is Cc1nc(-c2nnn(C)c2CNc2nccc(C3CCCCC3)n2)ccc1NC(=O)[C@H]1CCCC[C@@H]1C(=O)O. The third-order valence-electron chi connectivity index (χ3n) is 8.06. The minimum atomic E-state index is -0.907. The van der Waals surface area contributed by atoms with Gasteiger partial charge in [-0.25, -0.2) is 19.6 Å². The fourth-order valence-electron chi connectivity index (χ4n) is 5.81. The predicted molar refractivity (Wildman–Crippen MR) is 146 cm³/mol. The molecule has 3 aromatic rings. The molecule has 1 amide bonds. The first kappa shape index (κ1) is 26.7. The molecular weight excluding hydrogens is 496 g/mol. The van der Waals surface area contributed by atoms with Gasteiger partial charge in [0.05, 0.1) is 41.1 Å². The van der Waals surface area contributed by atoms with Crippen LogP contribution in [0, 0.1) is 18.8 Å². The molecule has 0 aliphatic heterocycles. The normalized spacial score (nSPS) is 19.9. The minimum absolute atomic E-state index is 0.264. The van der Waals surface area contributed by atoms with Gasteiger partial charge < -0.3 is 15.7 Å². The monoisotopic (exact) mass is 532 g/mol. The molecule has 0 spiro atoms. The molecule has 0 unspecified atom stereocenters. The van der Waals surface area contributed by atoms with Gasteiger partial charge in [-0.05, 0) is 50.8 Å². The Morgan fingerprint density at radius 1 is 1.00 bits per heavy atom. The second-order valence-electron chi connectivity index (χ2n) is 10.7. The average Bonchev–Trinajstić information content (AvgIpc) is 3.33. The molecular formula is C28H36N8O3. The summed E-state index contributed by atoms with van der Waals surface area (Å²) >= 11 is 0. The van der Waals surface area contributed by atoms with E-state index in [0.29, 0.717) is 54.0 Å². The lowest BCUT2D eigenvalue weighted by Gasteiger charge is -2.27. The van der Waals surface area contributed by atoms with Crippen molar-refractivity contribution in [2.45, 2.75) is 77.2 Å². The van der Waals surface area contributed by atoms with Crippen LogP contribution in [0.4, 0.5) is 11.6 Å². The van der Waals surface area contributed by atoms with Crippen molar-refractivity contribution in [2.75, 3.05) is 10.6 Å². The number of hydrogen-bond acceptors (Lipinski definition) is 8. The van der Waals surface area contributed by atoms with Crippen molar-refractivity contribution in [1.29, 1.82) is 0 Å². The largest absolute Gasteiger partial charge is 0.481 e.